The second-order valence-electron chi connectivity index (χ2n) is 9.10. The maximum absolute atomic E-state index is 12.7. The molecular weight excluding hydrogens is 553 g/mol. The molecule has 1 aliphatic heterocycles. The molecule has 10 heteroatoms. The molecule has 1 fully saturated rings. The van der Waals surface area contributed by atoms with Gasteiger partial charge in [0.2, 0.25) is 0 Å². The normalized spacial score (nSPS) is 19.5. The molecule has 37 heavy (non-hydrogen) atoms. The topological polar surface area (TPSA) is 82.6 Å². The van der Waals surface area contributed by atoms with Crippen LogP contribution in [0.4, 0.5) is 13.2 Å². The summed E-state index contributed by atoms with van der Waals surface area (Å²) in [6.45, 7) is 3.00. The maximum Gasteiger partial charge on any atom is 0.490 e. The van der Waals surface area contributed by atoms with E-state index in [9.17, 15) is 18.0 Å². The first kappa shape index (κ1) is 26.9. The van der Waals surface area contributed by atoms with E-state index in [1.165, 1.54) is 22.0 Å². The second-order valence-corrected chi connectivity index (χ2v) is 9.96. The van der Waals surface area contributed by atoms with Crippen molar-refractivity contribution in [2.24, 2.45) is 11.8 Å². The number of nitrogens with zero attached hydrogens (tertiary/aromatic N) is 1. The van der Waals surface area contributed by atoms with Crippen molar-refractivity contribution in [1.29, 1.82) is 0 Å². The zero-order valence-electron chi connectivity index (χ0n) is 20.0. The lowest BCUT2D eigenvalue weighted by Crippen LogP contribution is -2.31. The first-order valence-corrected chi connectivity index (χ1v) is 12.5. The molecule has 0 amide bonds. The molecule has 1 saturated carbocycles. The van der Waals surface area contributed by atoms with Gasteiger partial charge in [0, 0.05) is 58.3 Å². The third-order valence-electron chi connectivity index (χ3n) is 6.66. The third-order valence-corrected chi connectivity index (χ3v) is 7.32. The Morgan fingerprint density at radius 2 is 1.89 bits per heavy atom. The van der Waals surface area contributed by atoms with Crippen LogP contribution in [0.25, 0.3) is 16.5 Å². The van der Waals surface area contributed by atoms with Crippen molar-refractivity contribution in [2.45, 2.75) is 19.0 Å². The number of hydrogen-bond acceptors (Lipinski definition) is 4. The summed E-state index contributed by atoms with van der Waals surface area (Å²) in [5, 5.41) is 8.39. The van der Waals surface area contributed by atoms with Crippen LogP contribution in [-0.4, -0.2) is 59.7 Å². The lowest BCUT2D eigenvalue weighted by atomic mass is 9.98. The van der Waals surface area contributed by atoms with Gasteiger partial charge in [0.25, 0.3) is 0 Å². The molecule has 5 rings (SSSR count). The molecule has 0 bridgehead atoms. The van der Waals surface area contributed by atoms with E-state index in [1.807, 2.05) is 24.3 Å². The van der Waals surface area contributed by atoms with Gasteiger partial charge in [0.15, 0.2) is 5.78 Å². The summed E-state index contributed by atoms with van der Waals surface area (Å²) in [6, 6.07) is 13.8. The Balaban J connectivity index is 0.000000405. The number of ether oxygens (including phenoxy) is 1. The predicted molar refractivity (Wildman–Crippen MR) is 138 cm³/mol. The summed E-state index contributed by atoms with van der Waals surface area (Å²) >= 11 is 3.70. The number of methoxy groups -OCH3 is 1. The first-order chi connectivity index (χ1) is 17.6. The van der Waals surface area contributed by atoms with E-state index >= 15 is 0 Å². The predicted octanol–water partition coefficient (Wildman–Crippen LogP) is 6.18. The van der Waals surface area contributed by atoms with Gasteiger partial charge < -0.3 is 14.8 Å². The number of nitrogens with one attached hydrogen (secondary N) is 1. The van der Waals surface area contributed by atoms with Crippen LogP contribution in [0.2, 0.25) is 0 Å². The third kappa shape index (κ3) is 6.42. The zero-order chi connectivity index (χ0) is 26.7. The Hall–Kier alpha value is -3.11. The average Bonchev–Trinajstić information content (AvgIpc) is 3.50. The number of halogens is 4. The number of alkyl halides is 3. The second kappa shape index (κ2) is 11.1. The molecule has 6 nitrogen and oxygen atoms in total. The summed E-state index contributed by atoms with van der Waals surface area (Å²) in [7, 11) is 1.64. The van der Waals surface area contributed by atoms with Gasteiger partial charge in [-0.15, -0.1) is 0 Å². The molecule has 0 saturated heterocycles. The lowest BCUT2D eigenvalue weighted by molar-refractivity contribution is -0.192. The van der Waals surface area contributed by atoms with E-state index in [0.717, 1.165) is 48.3 Å². The number of carbonyl (C=O) groups excluding carboxylic acids is 1. The minimum absolute atomic E-state index is 0.174. The number of carboxylic acids is 1. The number of fused-ring (bicyclic) bond motifs is 1. The molecule has 0 radical (unpaired) electrons. The molecule has 3 aromatic rings. The highest BCUT2D eigenvalue weighted by atomic mass is 79.9. The lowest BCUT2D eigenvalue weighted by Gasteiger charge is -2.26. The SMILES string of the molecule is COc1ccc(C(=O)C2CC2CN2CC=C(c3c[nH]c4cccc(Br)c34)CC2)cc1.O=C(O)C(F)(F)F. The van der Waals surface area contributed by atoms with Gasteiger partial charge in [-0.3, -0.25) is 9.69 Å². The van der Waals surface area contributed by atoms with Crippen molar-refractivity contribution in [1.82, 2.24) is 9.88 Å². The Morgan fingerprint density at radius 1 is 1.19 bits per heavy atom. The summed E-state index contributed by atoms with van der Waals surface area (Å²) in [5.41, 5.74) is 4.68. The summed E-state index contributed by atoms with van der Waals surface area (Å²) in [6.07, 6.45) is 1.45. The van der Waals surface area contributed by atoms with Gasteiger partial charge in [0.1, 0.15) is 5.75 Å². The number of aromatic amines is 1. The van der Waals surface area contributed by atoms with E-state index in [0.29, 0.717) is 5.92 Å². The number of carboxylic acid groups (broad SMARTS) is 1. The molecule has 1 aromatic heterocycles. The average molecular weight is 579 g/mol. The van der Waals surface area contributed by atoms with E-state index in [-0.39, 0.29) is 11.7 Å². The highest BCUT2D eigenvalue weighted by Crippen LogP contribution is 2.42. The van der Waals surface area contributed by atoms with Crippen LogP contribution in [0.15, 0.2) is 59.2 Å². The summed E-state index contributed by atoms with van der Waals surface area (Å²) in [4.78, 5) is 27.5. The number of carbonyl (C=O) groups is 2. The molecule has 2 heterocycles. The fourth-order valence-corrected chi connectivity index (χ4v) is 5.17. The summed E-state index contributed by atoms with van der Waals surface area (Å²) < 4.78 is 38.1. The number of rotatable bonds is 6. The number of aromatic nitrogens is 1. The van der Waals surface area contributed by atoms with Gasteiger partial charge >= 0.3 is 12.1 Å². The number of Topliss-reactive ketones (excluding diaryl/α,β-unsaturated/α-hetero) is 1. The van der Waals surface area contributed by atoms with Crippen LogP contribution in [0.5, 0.6) is 5.75 Å². The van der Waals surface area contributed by atoms with Gasteiger partial charge in [-0.25, -0.2) is 4.79 Å². The molecule has 0 spiro atoms. The molecule has 2 unspecified atom stereocenters. The Morgan fingerprint density at radius 3 is 2.49 bits per heavy atom. The van der Waals surface area contributed by atoms with Crippen LogP contribution in [0, 0.1) is 11.8 Å². The van der Waals surface area contributed by atoms with Gasteiger partial charge in [-0.05, 0) is 60.7 Å². The van der Waals surface area contributed by atoms with Crippen LogP contribution in [-0.2, 0) is 4.79 Å². The summed E-state index contributed by atoms with van der Waals surface area (Å²) in [5.74, 6) is -1.03. The number of hydrogen-bond donors (Lipinski definition) is 2. The number of aliphatic carboxylic acids is 1. The van der Waals surface area contributed by atoms with E-state index < -0.39 is 12.1 Å². The van der Waals surface area contributed by atoms with Gasteiger partial charge in [-0.2, -0.15) is 13.2 Å². The Kier molecular flexibility index (Phi) is 8.08. The highest BCUT2D eigenvalue weighted by molar-refractivity contribution is 9.10. The van der Waals surface area contributed by atoms with Crippen LogP contribution < -0.4 is 4.74 Å². The molecule has 2 N–H and O–H groups in total. The minimum atomic E-state index is -5.08. The van der Waals surface area contributed by atoms with Crippen molar-refractivity contribution in [3.05, 3.63) is 70.3 Å². The molecule has 2 aromatic carbocycles. The number of H-pyrrole nitrogens is 1. The fraction of sp³-hybridized carbons (Fsp3) is 0.333. The van der Waals surface area contributed by atoms with Crippen molar-refractivity contribution in [3.8, 4) is 5.75 Å². The van der Waals surface area contributed by atoms with Crippen molar-refractivity contribution >= 4 is 44.2 Å². The quantitative estimate of drug-likeness (QED) is 0.341. The van der Waals surface area contributed by atoms with E-state index in [1.54, 1.807) is 7.11 Å². The molecule has 1 aliphatic carbocycles. The van der Waals surface area contributed by atoms with Crippen LogP contribution in [0.3, 0.4) is 0 Å². The molecular formula is C27H26BrF3N2O4. The fourth-order valence-electron chi connectivity index (χ4n) is 4.59. The Bertz CT molecular complexity index is 1320. The maximum atomic E-state index is 12.7. The molecule has 196 valence electrons. The number of ketones is 1. The number of benzene rings is 2. The monoisotopic (exact) mass is 578 g/mol. The van der Waals surface area contributed by atoms with Crippen molar-refractivity contribution in [3.63, 3.8) is 0 Å². The van der Waals surface area contributed by atoms with Crippen LogP contribution in [0.1, 0.15) is 28.8 Å². The largest absolute Gasteiger partial charge is 0.497 e. The van der Waals surface area contributed by atoms with Gasteiger partial charge in [0.05, 0.1) is 7.11 Å². The smallest absolute Gasteiger partial charge is 0.490 e. The highest BCUT2D eigenvalue weighted by Gasteiger charge is 2.43. The zero-order valence-corrected chi connectivity index (χ0v) is 21.6. The van der Waals surface area contributed by atoms with Crippen molar-refractivity contribution in [2.75, 3.05) is 26.7 Å². The van der Waals surface area contributed by atoms with E-state index in [4.69, 9.17) is 14.6 Å². The minimum Gasteiger partial charge on any atom is -0.497 e. The molecule has 2 atom stereocenters. The van der Waals surface area contributed by atoms with Crippen LogP contribution >= 0.6 is 15.9 Å². The molecule has 2 aliphatic rings. The first-order valence-electron chi connectivity index (χ1n) is 11.7. The Labute approximate surface area is 220 Å². The van der Waals surface area contributed by atoms with E-state index in [2.05, 4.69) is 56.3 Å². The van der Waals surface area contributed by atoms with Gasteiger partial charge in [-0.1, -0.05) is 28.1 Å². The standard InChI is InChI=1S/C25H25BrN2O2.C2HF3O2/c1-30-19-7-5-17(6-8-19)25(29)20-13-18(20)15-28-11-9-16(10-12-28)21-14-27-23-4-2-3-22(26)24(21)23;3-2(4,5)1(6)7/h2-9,14,18,20,27H,10-13,15H2,1H3;(H,6,7). The van der Waals surface area contributed by atoms with Crippen molar-refractivity contribution < 1.29 is 32.6 Å².